The van der Waals surface area contributed by atoms with Crippen LogP contribution in [-0.2, 0) is 16.6 Å². The number of hydrogen-bond acceptors (Lipinski definition) is 4. The predicted octanol–water partition coefficient (Wildman–Crippen LogP) is 2.44. The minimum Gasteiger partial charge on any atom is -0.453 e. The van der Waals surface area contributed by atoms with Gasteiger partial charge in [0.05, 0.1) is 12.2 Å². The molecule has 0 radical (unpaired) electrons. The molecule has 0 aliphatic carbocycles. The van der Waals surface area contributed by atoms with Crippen LogP contribution in [0.4, 0.5) is 5.69 Å². The Morgan fingerprint density at radius 1 is 1.26 bits per heavy atom. The number of rotatable bonds is 4. The number of benzene rings is 1. The van der Waals surface area contributed by atoms with Gasteiger partial charge in [-0.2, -0.15) is 4.31 Å². The third-order valence-corrected chi connectivity index (χ3v) is 4.92. The third-order valence-electron chi connectivity index (χ3n) is 2.61. The van der Waals surface area contributed by atoms with Gasteiger partial charge < -0.3 is 10.2 Å². The van der Waals surface area contributed by atoms with Crippen molar-refractivity contribution in [3.63, 3.8) is 0 Å². The van der Waals surface area contributed by atoms with E-state index in [-0.39, 0.29) is 17.1 Å². The molecule has 1 aromatic carbocycles. The molecule has 2 aromatic rings. The van der Waals surface area contributed by atoms with E-state index in [9.17, 15) is 8.42 Å². The van der Waals surface area contributed by atoms with Crippen LogP contribution in [-0.4, -0.2) is 19.8 Å². The lowest BCUT2D eigenvalue weighted by Crippen LogP contribution is -2.27. The maximum Gasteiger partial charge on any atom is 0.245 e. The van der Waals surface area contributed by atoms with Gasteiger partial charge in [-0.1, -0.05) is 12.1 Å². The van der Waals surface area contributed by atoms with E-state index in [4.69, 9.17) is 10.2 Å². The summed E-state index contributed by atoms with van der Waals surface area (Å²) < 4.78 is 31.8. The number of para-hydroxylation sites is 1. The molecule has 5 nitrogen and oxygen atoms in total. The van der Waals surface area contributed by atoms with Crippen LogP contribution < -0.4 is 5.73 Å². The number of nitrogens with zero attached hydrogens (tertiary/aromatic N) is 1. The third kappa shape index (κ3) is 2.99. The fraction of sp³-hybridized carbons (Fsp3) is 0.167. The number of sulfonamides is 1. The van der Waals surface area contributed by atoms with Crippen molar-refractivity contribution in [1.29, 1.82) is 0 Å². The normalized spacial score (nSPS) is 11.9. The molecule has 0 fully saturated rings. The molecule has 0 bridgehead atoms. The summed E-state index contributed by atoms with van der Waals surface area (Å²) in [6.45, 7) is 0.141. The Kier molecular flexibility index (Phi) is 3.98. The maximum atomic E-state index is 12.4. The first kappa shape index (κ1) is 14.1. The molecule has 1 heterocycles. The van der Waals surface area contributed by atoms with Gasteiger partial charge in [0.1, 0.15) is 10.7 Å². The van der Waals surface area contributed by atoms with Gasteiger partial charge in [-0.25, -0.2) is 8.42 Å². The monoisotopic (exact) mass is 344 g/mol. The molecule has 7 heteroatoms. The van der Waals surface area contributed by atoms with Crippen LogP contribution in [0.2, 0.25) is 0 Å². The Hall–Kier alpha value is -1.31. The van der Waals surface area contributed by atoms with E-state index >= 15 is 0 Å². The van der Waals surface area contributed by atoms with Crippen molar-refractivity contribution in [1.82, 2.24) is 4.31 Å². The number of hydrogen-bond donors (Lipinski definition) is 1. The van der Waals surface area contributed by atoms with Gasteiger partial charge in [0.2, 0.25) is 10.0 Å². The Morgan fingerprint density at radius 2 is 1.95 bits per heavy atom. The van der Waals surface area contributed by atoms with E-state index in [1.54, 1.807) is 30.3 Å². The molecule has 19 heavy (non-hydrogen) atoms. The average Bonchev–Trinajstić information content (AvgIpc) is 2.75. The number of anilines is 1. The number of nitrogen functional groups attached to an aromatic ring is 1. The highest BCUT2D eigenvalue weighted by atomic mass is 79.9. The summed E-state index contributed by atoms with van der Waals surface area (Å²) >= 11 is 3.17. The van der Waals surface area contributed by atoms with Crippen LogP contribution in [0.5, 0.6) is 0 Å². The Morgan fingerprint density at radius 3 is 2.53 bits per heavy atom. The number of nitrogens with two attached hydrogens (primary N) is 1. The van der Waals surface area contributed by atoms with E-state index in [1.807, 2.05) is 0 Å². The van der Waals surface area contributed by atoms with Crippen LogP contribution in [0.15, 0.2) is 50.4 Å². The van der Waals surface area contributed by atoms with Gasteiger partial charge in [-0.05, 0) is 40.2 Å². The number of halogens is 1. The van der Waals surface area contributed by atoms with Crippen LogP contribution in [0.3, 0.4) is 0 Å². The summed E-state index contributed by atoms with van der Waals surface area (Å²) in [6.07, 6.45) is 0. The van der Waals surface area contributed by atoms with Gasteiger partial charge in [-0.15, -0.1) is 0 Å². The molecule has 0 aliphatic rings. The zero-order valence-corrected chi connectivity index (χ0v) is 12.6. The molecule has 0 unspecified atom stereocenters. The van der Waals surface area contributed by atoms with Crippen LogP contribution in [0.25, 0.3) is 0 Å². The summed E-state index contributed by atoms with van der Waals surface area (Å²) in [5.41, 5.74) is 5.94. The second kappa shape index (κ2) is 5.36. The minimum atomic E-state index is -3.63. The van der Waals surface area contributed by atoms with Gasteiger partial charge in [-0.3, -0.25) is 0 Å². The molecule has 0 aliphatic heterocycles. The molecule has 0 saturated carbocycles. The van der Waals surface area contributed by atoms with Crippen molar-refractivity contribution in [2.45, 2.75) is 11.4 Å². The second-order valence-electron chi connectivity index (χ2n) is 4.00. The summed E-state index contributed by atoms with van der Waals surface area (Å²) in [4.78, 5) is 0.100. The Bertz CT molecular complexity index is 682. The SMILES string of the molecule is CN(Cc1ccc(Br)o1)S(=O)(=O)c1ccccc1N. The lowest BCUT2D eigenvalue weighted by atomic mass is 10.3. The van der Waals surface area contributed by atoms with E-state index in [0.717, 1.165) is 0 Å². The average molecular weight is 345 g/mol. The first-order valence-electron chi connectivity index (χ1n) is 5.46. The van der Waals surface area contributed by atoms with E-state index in [0.29, 0.717) is 10.4 Å². The quantitative estimate of drug-likeness (QED) is 0.864. The topological polar surface area (TPSA) is 76.5 Å². The fourth-order valence-corrected chi connectivity index (χ4v) is 3.21. The summed E-state index contributed by atoms with van der Waals surface area (Å²) in [6, 6.07) is 9.80. The van der Waals surface area contributed by atoms with Crippen LogP contribution in [0.1, 0.15) is 5.76 Å². The summed E-state index contributed by atoms with van der Waals surface area (Å²) in [7, 11) is -2.14. The molecule has 0 spiro atoms. The molecule has 0 amide bonds. The Balaban J connectivity index is 2.27. The first-order valence-corrected chi connectivity index (χ1v) is 7.69. The predicted molar refractivity (Wildman–Crippen MR) is 75.9 cm³/mol. The fourth-order valence-electron chi connectivity index (χ4n) is 1.62. The minimum absolute atomic E-state index is 0.100. The van der Waals surface area contributed by atoms with E-state index in [2.05, 4.69) is 15.9 Å². The van der Waals surface area contributed by atoms with Crippen molar-refractivity contribution in [3.05, 3.63) is 46.8 Å². The van der Waals surface area contributed by atoms with E-state index in [1.165, 1.54) is 17.4 Å². The molecule has 0 atom stereocenters. The standard InChI is InChI=1S/C12H13BrN2O3S/c1-15(8-9-6-7-12(13)18-9)19(16,17)11-5-3-2-4-10(11)14/h2-7H,8,14H2,1H3. The lowest BCUT2D eigenvalue weighted by molar-refractivity contribution is 0.399. The van der Waals surface area contributed by atoms with Crippen LogP contribution in [0, 0.1) is 0 Å². The Labute approximate surface area is 120 Å². The molecule has 1 aromatic heterocycles. The zero-order chi connectivity index (χ0) is 14.0. The van der Waals surface area contributed by atoms with Crippen molar-refractivity contribution in [2.75, 3.05) is 12.8 Å². The van der Waals surface area contributed by atoms with Crippen molar-refractivity contribution in [3.8, 4) is 0 Å². The molecular formula is C12H13BrN2O3S. The van der Waals surface area contributed by atoms with Gasteiger partial charge in [0, 0.05) is 7.05 Å². The number of furan rings is 1. The van der Waals surface area contributed by atoms with Crippen molar-refractivity contribution >= 4 is 31.6 Å². The molecule has 0 saturated heterocycles. The zero-order valence-electron chi connectivity index (χ0n) is 10.2. The lowest BCUT2D eigenvalue weighted by Gasteiger charge is -2.17. The smallest absolute Gasteiger partial charge is 0.245 e. The van der Waals surface area contributed by atoms with E-state index < -0.39 is 10.0 Å². The largest absolute Gasteiger partial charge is 0.453 e. The highest BCUT2D eigenvalue weighted by molar-refractivity contribution is 9.10. The maximum absolute atomic E-state index is 12.4. The van der Waals surface area contributed by atoms with Gasteiger partial charge >= 0.3 is 0 Å². The molecule has 2 rings (SSSR count). The molecule has 102 valence electrons. The molecule has 2 N–H and O–H groups in total. The summed E-state index contributed by atoms with van der Waals surface area (Å²) in [5, 5.41) is 0. The van der Waals surface area contributed by atoms with Crippen LogP contribution >= 0.6 is 15.9 Å². The summed E-state index contributed by atoms with van der Waals surface area (Å²) in [5.74, 6) is 0.549. The van der Waals surface area contributed by atoms with Gasteiger partial charge in [0.15, 0.2) is 4.67 Å². The highest BCUT2D eigenvalue weighted by Gasteiger charge is 2.23. The second-order valence-corrected chi connectivity index (χ2v) is 6.80. The van der Waals surface area contributed by atoms with Crippen molar-refractivity contribution in [2.24, 2.45) is 0 Å². The highest BCUT2D eigenvalue weighted by Crippen LogP contribution is 2.23. The molecular weight excluding hydrogens is 332 g/mol. The first-order chi connectivity index (χ1) is 8.91. The van der Waals surface area contributed by atoms with Gasteiger partial charge in [0.25, 0.3) is 0 Å². The van der Waals surface area contributed by atoms with Crippen molar-refractivity contribution < 1.29 is 12.8 Å².